The molecule has 102 valence electrons. The highest BCUT2D eigenvalue weighted by molar-refractivity contribution is 7.16. The lowest BCUT2D eigenvalue weighted by molar-refractivity contribution is 0.867. The Kier molecular flexibility index (Phi) is 3.28. The molecule has 0 spiro atoms. The van der Waals surface area contributed by atoms with Crippen molar-refractivity contribution in [2.75, 3.05) is 11.1 Å². The second-order valence-electron chi connectivity index (χ2n) is 4.97. The molecule has 3 N–H and O–H groups in total. The van der Waals surface area contributed by atoms with Crippen LogP contribution in [0.4, 0.5) is 17.5 Å². The molecule has 0 aliphatic heterocycles. The van der Waals surface area contributed by atoms with E-state index in [0.717, 1.165) is 21.7 Å². The molecule has 0 aliphatic rings. The maximum atomic E-state index is 5.75. The Bertz CT molecular complexity index is 731. The Morgan fingerprint density at radius 2 is 1.85 bits per heavy atom. The van der Waals surface area contributed by atoms with Crippen molar-refractivity contribution >= 4 is 39.0 Å². The van der Waals surface area contributed by atoms with Gasteiger partial charge in [0, 0.05) is 5.69 Å². The number of fused-ring (bicyclic) bond motifs is 1. The third-order valence-electron chi connectivity index (χ3n) is 3.18. The van der Waals surface area contributed by atoms with E-state index in [0.29, 0.717) is 11.9 Å². The molecule has 3 aromatic rings. The van der Waals surface area contributed by atoms with Crippen LogP contribution in [-0.4, -0.2) is 9.97 Å². The number of thiophene rings is 1. The van der Waals surface area contributed by atoms with Crippen LogP contribution in [0.3, 0.4) is 0 Å². The summed E-state index contributed by atoms with van der Waals surface area (Å²) in [5.41, 5.74) is 8.06. The summed E-state index contributed by atoms with van der Waals surface area (Å²) >= 11 is 1.56. The van der Waals surface area contributed by atoms with Crippen molar-refractivity contribution in [3.63, 3.8) is 0 Å². The van der Waals surface area contributed by atoms with Crippen molar-refractivity contribution in [1.29, 1.82) is 0 Å². The van der Waals surface area contributed by atoms with Crippen molar-refractivity contribution < 1.29 is 0 Å². The summed E-state index contributed by atoms with van der Waals surface area (Å²) in [6.07, 6.45) is 0. The minimum absolute atomic E-state index is 0.293. The average Bonchev–Trinajstić information content (AvgIpc) is 2.87. The molecule has 2 heterocycles. The number of nitrogens with one attached hydrogen (secondary N) is 1. The molecular formula is C15H16N4S. The first-order valence-electron chi connectivity index (χ1n) is 6.51. The molecule has 0 atom stereocenters. The first-order valence-corrected chi connectivity index (χ1v) is 7.39. The van der Waals surface area contributed by atoms with E-state index in [-0.39, 0.29) is 0 Å². The van der Waals surface area contributed by atoms with E-state index in [1.807, 2.05) is 11.4 Å². The summed E-state index contributed by atoms with van der Waals surface area (Å²) in [6, 6.07) is 10.4. The molecule has 5 heteroatoms. The molecule has 0 saturated carbocycles. The predicted molar refractivity (Wildman–Crippen MR) is 85.6 cm³/mol. The molecule has 1 aromatic carbocycles. The van der Waals surface area contributed by atoms with Crippen LogP contribution in [0.1, 0.15) is 25.3 Å². The van der Waals surface area contributed by atoms with Crippen molar-refractivity contribution in [2.24, 2.45) is 0 Å². The summed E-state index contributed by atoms with van der Waals surface area (Å²) in [5, 5.41) is 6.30. The Labute approximate surface area is 121 Å². The molecule has 0 unspecified atom stereocenters. The van der Waals surface area contributed by atoms with Gasteiger partial charge in [0.2, 0.25) is 5.95 Å². The van der Waals surface area contributed by atoms with Crippen LogP contribution < -0.4 is 11.1 Å². The maximum Gasteiger partial charge on any atom is 0.223 e. The second kappa shape index (κ2) is 5.09. The van der Waals surface area contributed by atoms with E-state index >= 15 is 0 Å². The van der Waals surface area contributed by atoms with Gasteiger partial charge in [-0.2, -0.15) is 4.98 Å². The van der Waals surface area contributed by atoms with Crippen molar-refractivity contribution in [1.82, 2.24) is 9.97 Å². The maximum absolute atomic E-state index is 5.75. The van der Waals surface area contributed by atoms with Crippen molar-refractivity contribution in [2.45, 2.75) is 19.8 Å². The molecule has 0 saturated heterocycles. The third kappa shape index (κ3) is 2.44. The van der Waals surface area contributed by atoms with Crippen molar-refractivity contribution in [3.05, 3.63) is 41.3 Å². The van der Waals surface area contributed by atoms with Crippen LogP contribution >= 0.6 is 11.3 Å². The minimum Gasteiger partial charge on any atom is -0.368 e. The molecule has 0 radical (unpaired) electrons. The number of rotatable bonds is 3. The lowest BCUT2D eigenvalue weighted by Crippen LogP contribution is -2.00. The van der Waals surface area contributed by atoms with Crippen LogP contribution in [0, 0.1) is 0 Å². The van der Waals surface area contributed by atoms with Gasteiger partial charge in [-0.25, -0.2) is 4.98 Å². The second-order valence-corrected chi connectivity index (χ2v) is 5.87. The van der Waals surface area contributed by atoms with Gasteiger partial charge in [-0.05, 0) is 35.1 Å². The Balaban J connectivity index is 1.94. The van der Waals surface area contributed by atoms with E-state index in [1.54, 1.807) is 11.3 Å². The van der Waals surface area contributed by atoms with Gasteiger partial charge in [-0.15, -0.1) is 11.3 Å². The van der Waals surface area contributed by atoms with Crippen LogP contribution in [-0.2, 0) is 0 Å². The molecule has 0 aliphatic carbocycles. The average molecular weight is 284 g/mol. The van der Waals surface area contributed by atoms with E-state index < -0.39 is 0 Å². The molecular weight excluding hydrogens is 268 g/mol. The number of hydrogen-bond donors (Lipinski definition) is 2. The number of nitrogens with zero attached hydrogens (tertiary/aromatic N) is 2. The number of anilines is 3. The van der Waals surface area contributed by atoms with Crippen LogP contribution in [0.15, 0.2) is 35.7 Å². The van der Waals surface area contributed by atoms with Gasteiger partial charge in [-0.3, -0.25) is 0 Å². The fourth-order valence-corrected chi connectivity index (χ4v) is 2.83. The zero-order valence-corrected chi connectivity index (χ0v) is 12.2. The predicted octanol–water partition coefficient (Wildman–Crippen LogP) is 4.14. The first-order chi connectivity index (χ1) is 9.63. The summed E-state index contributed by atoms with van der Waals surface area (Å²) in [5.74, 6) is 1.58. The van der Waals surface area contributed by atoms with E-state index in [1.165, 1.54) is 5.56 Å². The van der Waals surface area contributed by atoms with Gasteiger partial charge in [-0.1, -0.05) is 26.0 Å². The van der Waals surface area contributed by atoms with Gasteiger partial charge < -0.3 is 11.1 Å². The zero-order chi connectivity index (χ0) is 14.1. The zero-order valence-electron chi connectivity index (χ0n) is 11.4. The van der Waals surface area contributed by atoms with E-state index in [9.17, 15) is 0 Å². The summed E-state index contributed by atoms with van der Waals surface area (Å²) in [4.78, 5) is 9.41. The van der Waals surface area contributed by atoms with Gasteiger partial charge in [0.25, 0.3) is 0 Å². The van der Waals surface area contributed by atoms with Crippen LogP contribution in [0.25, 0.3) is 10.2 Å². The minimum atomic E-state index is 0.293. The highest BCUT2D eigenvalue weighted by Gasteiger charge is 2.08. The van der Waals surface area contributed by atoms with Crippen LogP contribution in [0.2, 0.25) is 0 Å². The molecule has 2 aromatic heterocycles. The number of nitrogens with two attached hydrogens (primary N) is 1. The number of aromatic nitrogens is 2. The van der Waals surface area contributed by atoms with Gasteiger partial charge in [0.1, 0.15) is 10.6 Å². The molecule has 4 nitrogen and oxygen atoms in total. The molecule has 20 heavy (non-hydrogen) atoms. The quantitative estimate of drug-likeness (QED) is 0.758. The topological polar surface area (TPSA) is 63.8 Å². The monoisotopic (exact) mass is 284 g/mol. The largest absolute Gasteiger partial charge is 0.368 e. The summed E-state index contributed by atoms with van der Waals surface area (Å²) < 4.78 is 0. The normalized spacial score (nSPS) is 11.2. The molecule has 0 amide bonds. The summed E-state index contributed by atoms with van der Waals surface area (Å²) in [7, 11) is 0. The van der Waals surface area contributed by atoms with Crippen LogP contribution in [0.5, 0.6) is 0 Å². The van der Waals surface area contributed by atoms with E-state index in [4.69, 9.17) is 5.73 Å². The van der Waals surface area contributed by atoms with E-state index in [2.05, 4.69) is 53.4 Å². The lowest BCUT2D eigenvalue weighted by Gasteiger charge is -2.09. The highest BCUT2D eigenvalue weighted by Crippen LogP contribution is 2.28. The van der Waals surface area contributed by atoms with Gasteiger partial charge in [0.05, 0.1) is 5.39 Å². The highest BCUT2D eigenvalue weighted by atomic mass is 32.1. The smallest absolute Gasteiger partial charge is 0.223 e. The van der Waals surface area contributed by atoms with Gasteiger partial charge in [0.15, 0.2) is 0 Å². The fraction of sp³-hybridized carbons (Fsp3) is 0.200. The number of benzene rings is 1. The molecule has 0 bridgehead atoms. The third-order valence-corrected chi connectivity index (χ3v) is 3.99. The Morgan fingerprint density at radius 1 is 1.10 bits per heavy atom. The fourth-order valence-electron chi connectivity index (χ4n) is 2.06. The number of nitrogen functional groups attached to an aromatic ring is 1. The SMILES string of the molecule is CC(C)c1ccc(Nc2nc(N)nc3sccc23)cc1. The standard InChI is InChI=1S/C15H16N4S/c1-9(2)10-3-5-11(6-4-10)17-13-12-7-8-20-14(12)19-15(16)18-13/h3-9H,1-2H3,(H3,16,17,18,19). The van der Waals surface area contributed by atoms with Crippen molar-refractivity contribution in [3.8, 4) is 0 Å². The molecule has 0 fully saturated rings. The summed E-state index contributed by atoms with van der Waals surface area (Å²) in [6.45, 7) is 4.37. The molecule has 3 rings (SSSR count). The number of hydrogen-bond acceptors (Lipinski definition) is 5. The lowest BCUT2D eigenvalue weighted by atomic mass is 10.0. The Hall–Kier alpha value is -2.14. The Morgan fingerprint density at radius 3 is 2.55 bits per heavy atom. The first kappa shape index (κ1) is 12.9. The van der Waals surface area contributed by atoms with Gasteiger partial charge >= 0.3 is 0 Å².